The maximum atomic E-state index is 10.2. The van der Waals surface area contributed by atoms with Crippen LogP contribution in [0.25, 0.3) is 0 Å². The smallest absolute Gasteiger partial charge is 0.231 e. The zero-order valence-electron chi connectivity index (χ0n) is 5.50. The van der Waals surface area contributed by atoms with Gasteiger partial charge in [0.25, 0.3) is 0 Å². The summed E-state index contributed by atoms with van der Waals surface area (Å²) in [5.41, 5.74) is 4.86. The highest BCUT2D eigenvalue weighted by Crippen LogP contribution is 1.77. The van der Waals surface area contributed by atoms with Crippen molar-refractivity contribution in [1.82, 2.24) is 4.90 Å². The molecule has 1 amide bonds. The van der Waals surface area contributed by atoms with Crippen LogP contribution in [0.1, 0.15) is 0 Å². The summed E-state index contributed by atoms with van der Waals surface area (Å²) >= 11 is 0. The zero-order valence-corrected chi connectivity index (χ0v) is 5.50. The molecule has 0 unspecified atom stereocenters. The number of nitrogens with two attached hydrogens (primary N) is 1. The van der Waals surface area contributed by atoms with E-state index in [-0.39, 0.29) is 19.1 Å². The Morgan fingerprint density at radius 3 is 2.67 bits per heavy atom. The molecule has 0 rings (SSSR count). The topological polar surface area (TPSA) is 66.6 Å². The minimum absolute atomic E-state index is 0.0593. The third kappa shape index (κ3) is 5.26. The standard InChI is InChI=1S/C5H12N2O2/c1-7(2-3-8)4-5(6)9/h8H,2-4H2,1H3,(H2,6,9). The average molecular weight is 132 g/mol. The van der Waals surface area contributed by atoms with E-state index in [1.54, 1.807) is 11.9 Å². The van der Waals surface area contributed by atoms with Gasteiger partial charge in [0.2, 0.25) is 5.91 Å². The summed E-state index contributed by atoms with van der Waals surface area (Å²) in [6.45, 7) is 0.757. The summed E-state index contributed by atoms with van der Waals surface area (Å²) in [5, 5.41) is 8.36. The van der Waals surface area contributed by atoms with E-state index >= 15 is 0 Å². The van der Waals surface area contributed by atoms with Crippen molar-refractivity contribution in [3.63, 3.8) is 0 Å². The van der Waals surface area contributed by atoms with Gasteiger partial charge in [0.15, 0.2) is 0 Å². The Balaban J connectivity index is 3.26. The van der Waals surface area contributed by atoms with E-state index in [1.807, 2.05) is 0 Å². The Kier molecular flexibility index (Phi) is 4.00. The van der Waals surface area contributed by atoms with Crippen LogP contribution in [0.4, 0.5) is 0 Å². The molecule has 0 bridgehead atoms. The van der Waals surface area contributed by atoms with Crippen LogP contribution < -0.4 is 5.73 Å². The third-order valence-corrected chi connectivity index (χ3v) is 0.907. The number of amides is 1. The molecule has 0 heterocycles. The second kappa shape index (κ2) is 4.29. The number of primary amides is 1. The van der Waals surface area contributed by atoms with Crippen molar-refractivity contribution in [1.29, 1.82) is 0 Å². The monoisotopic (exact) mass is 132 g/mol. The first-order valence-corrected chi connectivity index (χ1v) is 2.74. The van der Waals surface area contributed by atoms with E-state index in [9.17, 15) is 4.79 Å². The number of rotatable bonds is 4. The van der Waals surface area contributed by atoms with Crippen molar-refractivity contribution < 1.29 is 9.90 Å². The first kappa shape index (κ1) is 8.39. The molecule has 0 aliphatic heterocycles. The van der Waals surface area contributed by atoms with Gasteiger partial charge in [-0.25, -0.2) is 0 Å². The molecule has 54 valence electrons. The number of likely N-dealkylation sites (N-methyl/N-ethyl adjacent to an activating group) is 1. The number of hydrogen-bond donors (Lipinski definition) is 2. The van der Waals surface area contributed by atoms with Crippen LogP contribution in [-0.4, -0.2) is 42.7 Å². The normalized spacial score (nSPS) is 10.1. The molecule has 0 radical (unpaired) electrons. The second-order valence-corrected chi connectivity index (χ2v) is 1.93. The molecule has 0 spiro atoms. The van der Waals surface area contributed by atoms with E-state index in [1.165, 1.54) is 0 Å². The summed E-state index contributed by atoms with van der Waals surface area (Å²) in [6, 6.07) is 0. The van der Waals surface area contributed by atoms with Gasteiger partial charge >= 0.3 is 0 Å². The van der Waals surface area contributed by atoms with Gasteiger partial charge in [-0.15, -0.1) is 0 Å². The van der Waals surface area contributed by atoms with Crippen LogP contribution in [0.15, 0.2) is 0 Å². The summed E-state index contributed by atoms with van der Waals surface area (Å²) in [4.78, 5) is 11.8. The Bertz CT molecular complexity index is 95.0. The van der Waals surface area contributed by atoms with Crippen LogP contribution in [0, 0.1) is 0 Å². The van der Waals surface area contributed by atoms with Crippen molar-refractivity contribution >= 4 is 5.91 Å². The van der Waals surface area contributed by atoms with E-state index in [0.29, 0.717) is 6.54 Å². The van der Waals surface area contributed by atoms with Gasteiger partial charge in [-0.2, -0.15) is 0 Å². The molecular weight excluding hydrogens is 120 g/mol. The lowest BCUT2D eigenvalue weighted by Gasteiger charge is -2.10. The third-order valence-electron chi connectivity index (χ3n) is 0.907. The van der Waals surface area contributed by atoms with E-state index < -0.39 is 0 Å². The highest BCUT2D eigenvalue weighted by atomic mass is 16.3. The molecule has 0 aromatic rings. The fourth-order valence-electron chi connectivity index (χ4n) is 0.516. The lowest BCUT2D eigenvalue weighted by atomic mass is 10.5. The van der Waals surface area contributed by atoms with Gasteiger partial charge in [0.1, 0.15) is 0 Å². The molecule has 0 atom stereocenters. The summed E-state index contributed by atoms with van der Waals surface area (Å²) in [7, 11) is 1.72. The fraction of sp³-hybridized carbons (Fsp3) is 0.800. The van der Waals surface area contributed by atoms with E-state index in [4.69, 9.17) is 10.8 Å². The van der Waals surface area contributed by atoms with E-state index in [0.717, 1.165) is 0 Å². The lowest BCUT2D eigenvalue weighted by molar-refractivity contribution is -0.118. The minimum Gasteiger partial charge on any atom is -0.395 e. The molecule has 0 saturated carbocycles. The van der Waals surface area contributed by atoms with Gasteiger partial charge in [-0.1, -0.05) is 0 Å². The van der Waals surface area contributed by atoms with Crippen molar-refractivity contribution in [3.8, 4) is 0 Å². The largest absolute Gasteiger partial charge is 0.395 e. The minimum atomic E-state index is -0.369. The molecule has 0 aliphatic carbocycles. The van der Waals surface area contributed by atoms with Gasteiger partial charge in [-0.3, -0.25) is 9.69 Å². The summed E-state index contributed by atoms with van der Waals surface area (Å²) in [6.07, 6.45) is 0. The van der Waals surface area contributed by atoms with Crippen molar-refractivity contribution in [3.05, 3.63) is 0 Å². The fourth-order valence-corrected chi connectivity index (χ4v) is 0.516. The summed E-state index contributed by atoms with van der Waals surface area (Å²) < 4.78 is 0. The molecule has 0 fully saturated rings. The van der Waals surface area contributed by atoms with Gasteiger partial charge in [-0.05, 0) is 7.05 Å². The molecular formula is C5H12N2O2. The van der Waals surface area contributed by atoms with Crippen LogP contribution in [-0.2, 0) is 4.79 Å². The number of carbonyl (C=O) groups excluding carboxylic acids is 1. The molecule has 4 heteroatoms. The molecule has 4 nitrogen and oxygen atoms in total. The van der Waals surface area contributed by atoms with Crippen molar-refractivity contribution in [2.45, 2.75) is 0 Å². The second-order valence-electron chi connectivity index (χ2n) is 1.93. The Morgan fingerprint density at radius 2 is 2.33 bits per heavy atom. The predicted octanol–water partition coefficient (Wildman–Crippen LogP) is -1.60. The maximum Gasteiger partial charge on any atom is 0.231 e. The number of aliphatic hydroxyl groups is 1. The van der Waals surface area contributed by atoms with Gasteiger partial charge in [0, 0.05) is 6.54 Å². The highest BCUT2D eigenvalue weighted by Gasteiger charge is 1.99. The molecule has 0 aliphatic rings. The van der Waals surface area contributed by atoms with Crippen LogP contribution in [0.5, 0.6) is 0 Å². The molecule has 0 aromatic heterocycles. The van der Waals surface area contributed by atoms with Crippen molar-refractivity contribution in [2.75, 3.05) is 26.7 Å². The van der Waals surface area contributed by atoms with E-state index in [2.05, 4.69) is 0 Å². The Hall–Kier alpha value is -0.610. The zero-order chi connectivity index (χ0) is 7.28. The van der Waals surface area contributed by atoms with Crippen LogP contribution in [0.3, 0.4) is 0 Å². The molecule has 0 aromatic carbocycles. The van der Waals surface area contributed by atoms with Crippen LogP contribution in [0.2, 0.25) is 0 Å². The molecule has 3 N–H and O–H groups in total. The number of aliphatic hydroxyl groups excluding tert-OH is 1. The SMILES string of the molecule is CN(CCO)CC(N)=O. The first-order valence-electron chi connectivity index (χ1n) is 2.74. The van der Waals surface area contributed by atoms with Crippen molar-refractivity contribution in [2.24, 2.45) is 5.73 Å². The summed E-state index contributed by atoms with van der Waals surface area (Å²) in [5.74, 6) is -0.369. The molecule has 9 heavy (non-hydrogen) atoms. The number of nitrogens with zero attached hydrogens (tertiary/aromatic N) is 1. The number of carbonyl (C=O) groups is 1. The first-order chi connectivity index (χ1) is 4.16. The molecule has 0 saturated heterocycles. The van der Waals surface area contributed by atoms with Gasteiger partial charge < -0.3 is 10.8 Å². The van der Waals surface area contributed by atoms with Crippen LogP contribution >= 0.6 is 0 Å². The Morgan fingerprint density at radius 1 is 1.78 bits per heavy atom. The predicted molar refractivity (Wildman–Crippen MR) is 33.8 cm³/mol. The highest BCUT2D eigenvalue weighted by molar-refractivity contribution is 5.75. The average Bonchev–Trinajstić information content (AvgIpc) is 1.63. The maximum absolute atomic E-state index is 10.2. The number of hydrogen-bond acceptors (Lipinski definition) is 3. The Labute approximate surface area is 54.3 Å². The lowest BCUT2D eigenvalue weighted by Crippen LogP contribution is -2.32. The quantitative estimate of drug-likeness (QED) is 0.484. The van der Waals surface area contributed by atoms with Gasteiger partial charge in [0.05, 0.1) is 13.2 Å².